The Kier molecular flexibility index (Phi) is 5.29. The quantitative estimate of drug-likeness (QED) is 0.383. The topological polar surface area (TPSA) is 72.4 Å². The maximum Gasteiger partial charge on any atom is 1.00 e. The first-order valence-corrected chi connectivity index (χ1v) is 3.30. The van der Waals surface area contributed by atoms with Crippen LogP contribution in [0.2, 0.25) is 0 Å². The molecule has 0 spiro atoms. The first-order chi connectivity index (χ1) is 4.70. The Morgan fingerprint density at radius 3 is 2.55 bits per heavy atom. The van der Waals surface area contributed by atoms with Crippen LogP contribution in [-0.4, -0.2) is 30.3 Å². The molecule has 1 rings (SSSR count). The molecule has 1 saturated heterocycles. The number of hydrogen-bond donors (Lipinski definition) is 2. The predicted octanol–water partition coefficient (Wildman–Crippen LogP) is -5.29. The zero-order valence-corrected chi connectivity index (χ0v) is 8.54. The summed E-state index contributed by atoms with van der Waals surface area (Å²) in [5.74, 6) is -1.60. The smallest absolute Gasteiger partial charge is 0.550 e. The normalized spacial score (nSPS) is 30.6. The summed E-state index contributed by atoms with van der Waals surface area (Å²) in [6.07, 6.45) is -0.216. The van der Waals surface area contributed by atoms with Crippen molar-refractivity contribution in [1.82, 2.24) is 5.32 Å². The van der Waals surface area contributed by atoms with E-state index in [1.165, 1.54) is 0 Å². The van der Waals surface area contributed by atoms with Crippen molar-refractivity contribution in [1.29, 1.82) is 0 Å². The molecule has 11 heavy (non-hydrogen) atoms. The molecule has 4 nitrogen and oxygen atoms in total. The van der Waals surface area contributed by atoms with Crippen molar-refractivity contribution in [3.8, 4) is 0 Å². The van der Waals surface area contributed by atoms with Gasteiger partial charge in [-0.15, -0.1) is 0 Å². The fourth-order valence-electron chi connectivity index (χ4n) is 1.10. The summed E-state index contributed by atoms with van der Waals surface area (Å²) in [7, 11) is 0. The number of carboxylic acids is 1. The fraction of sp³-hybridized carbons (Fsp3) is 0.833. The van der Waals surface area contributed by atoms with Crippen LogP contribution in [0.5, 0.6) is 0 Å². The van der Waals surface area contributed by atoms with E-state index in [2.05, 4.69) is 5.32 Å². The summed E-state index contributed by atoms with van der Waals surface area (Å²) in [5, 5.41) is 22.0. The molecule has 0 aromatic carbocycles. The Balaban J connectivity index is 0.000001000. The van der Waals surface area contributed by atoms with Gasteiger partial charge < -0.3 is 20.3 Å². The minimum atomic E-state index is -1.08. The number of piperidine rings is 1. The molecule has 2 N–H and O–H groups in total. The molecule has 0 amide bonds. The minimum Gasteiger partial charge on any atom is -0.550 e. The SMILES string of the molecule is O=C([O-])[C@@H]1CNC[C@H](O)C1.[Na+]. The number of β-amino-alcohol motifs (C(OH)–C–C–N with tert-alkyl or cyclic N) is 1. The summed E-state index contributed by atoms with van der Waals surface area (Å²) in [4.78, 5) is 10.2. The molecule has 0 bridgehead atoms. The summed E-state index contributed by atoms with van der Waals surface area (Å²) in [6, 6.07) is 0. The van der Waals surface area contributed by atoms with Crippen LogP contribution in [0.25, 0.3) is 0 Å². The van der Waals surface area contributed by atoms with Gasteiger partial charge in [-0.25, -0.2) is 0 Å². The number of carbonyl (C=O) groups is 1. The molecule has 2 atom stereocenters. The van der Waals surface area contributed by atoms with Crippen molar-refractivity contribution in [3.05, 3.63) is 0 Å². The Bertz CT molecular complexity index is 142. The minimum absolute atomic E-state index is 0. The molecule has 5 heteroatoms. The number of carbonyl (C=O) groups excluding carboxylic acids is 1. The molecular weight excluding hydrogens is 157 g/mol. The third-order valence-electron chi connectivity index (χ3n) is 1.66. The summed E-state index contributed by atoms with van der Waals surface area (Å²) in [6.45, 7) is 0.906. The van der Waals surface area contributed by atoms with Gasteiger partial charge in [-0.05, 0) is 6.42 Å². The van der Waals surface area contributed by atoms with E-state index in [1.54, 1.807) is 0 Å². The van der Waals surface area contributed by atoms with Crippen LogP contribution in [0.15, 0.2) is 0 Å². The molecule has 0 unspecified atom stereocenters. The third kappa shape index (κ3) is 3.53. The summed E-state index contributed by atoms with van der Waals surface area (Å²) in [5.41, 5.74) is 0. The largest absolute Gasteiger partial charge is 1.00 e. The number of nitrogens with one attached hydrogen (secondary N) is 1. The molecule has 0 radical (unpaired) electrons. The molecule has 0 aromatic heterocycles. The second-order valence-corrected chi connectivity index (χ2v) is 2.56. The van der Waals surface area contributed by atoms with Crippen molar-refractivity contribution < 1.29 is 44.6 Å². The molecule has 1 fully saturated rings. The Hall–Kier alpha value is 0.390. The number of carboxylic acid groups (broad SMARTS) is 1. The van der Waals surface area contributed by atoms with E-state index in [4.69, 9.17) is 5.11 Å². The Labute approximate surface area is 87.3 Å². The van der Waals surface area contributed by atoms with Crippen LogP contribution in [-0.2, 0) is 4.79 Å². The standard InChI is InChI=1S/C6H11NO3.Na/c8-5-1-4(6(9)10)2-7-3-5;/h4-5,7-8H,1-3H2,(H,9,10);/q;+1/p-1/t4-,5+;/m0./s1. The third-order valence-corrected chi connectivity index (χ3v) is 1.66. The molecule has 1 heterocycles. The second kappa shape index (κ2) is 5.11. The van der Waals surface area contributed by atoms with Crippen LogP contribution in [0, 0.1) is 5.92 Å². The van der Waals surface area contributed by atoms with Gasteiger partial charge >= 0.3 is 29.6 Å². The predicted molar refractivity (Wildman–Crippen MR) is 32.0 cm³/mol. The van der Waals surface area contributed by atoms with Gasteiger partial charge in [-0.1, -0.05) is 0 Å². The molecular formula is C6H10NNaO3. The van der Waals surface area contributed by atoms with Gasteiger partial charge in [0.15, 0.2) is 0 Å². The van der Waals surface area contributed by atoms with Gasteiger partial charge in [0.1, 0.15) is 0 Å². The van der Waals surface area contributed by atoms with E-state index in [0.29, 0.717) is 19.5 Å². The zero-order chi connectivity index (χ0) is 7.56. The average molecular weight is 167 g/mol. The van der Waals surface area contributed by atoms with Crippen molar-refractivity contribution in [2.75, 3.05) is 13.1 Å². The fourth-order valence-corrected chi connectivity index (χ4v) is 1.10. The van der Waals surface area contributed by atoms with Crippen LogP contribution in [0.3, 0.4) is 0 Å². The maximum absolute atomic E-state index is 10.2. The van der Waals surface area contributed by atoms with E-state index in [1.807, 2.05) is 0 Å². The van der Waals surface area contributed by atoms with E-state index >= 15 is 0 Å². The molecule has 0 aromatic rings. The van der Waals surface area contributed by atoms with Crippen LogP contribution in [0.1, 0.15) is 6.42 Å². The van der Waals surface area contributed by atoms with Gasteiger partial charge in [0.2, 0.25) is 0 Å². The zero-order valence-electron chi connectivity index (χ0n) is 6.54. The number of hydrogen-bond acceptors (Lipinski definition) is 4. The van der Waals surface area contributed by atoms with Gasteiger partial charge in [-0.3, -0.25) is 0 Å². The first-order valence-electron chi connectivity index (χ1n) is 3.30. The average Bonchev–Trinajstić information content (AvgIpc) is 1.88. The summed E-state index contributed by atoms with van der Waals surface area (Å²) >= 11 is 0. The van der Waals surface area contributed by atoms with Crippen molar-refractivity contribution >= 4 is 5.97 Å². The monoisotopic (exact) mass is 167 g/mol. The number of rotatable bonds is 1. The molecule has 1 aliphatic heterocycles. The van der Waals surface area contributed by atoms with Crippen LogP contribution < -0.4 is 40.0 Å². The Morgan fingerprint density at radius 1 is 1.55 bits per heavy atom. The second-order valence-electron chi connectivity index (χ2n) is 2.56. The number of aliphatic carboxylic acids is 1. The number of aliphatic hydroxyl groups excluding tert-OH is 1. The van der Waals surface area contributed by atoms with E-state index in [9.17, 15) is 9.90 Å². The van der Waals surface area contributed by atoms with Crippen LogP contribution >= 0.6 is 0 Å². The van der Waals surface area contributed by atoms with Crippen molar-refractivity contribution in [2.45, 2.75) is 12.5 Å². The van der Waals surface area contributed by atoms with Gasteiger partial charge in [-0.2, -0.15) is 0 Å². The van der Waals surface area contributed by atoms with Crippen molar-refractivity contribution in [3.63, 3.8) is 0 Å². The summed E-state index contributed by atoms with van der Waals surface area (Å²) < 4.78 is 0. The molecule has 58 valence electrons. The van der Waals surface area contributed by atoms with Crippen molar-refractivity contribution in [2.24, 2.45) is 5.92 Å². The number of aliphatic hydroxyl groups is 1. The van der Waals surface area contributed by atoms with Gasteiger partial charge in [0.05, 0.1) is 6.10 Å². The van der Waals surface area contributed by atoms with Gasteiger partial charge in [0, 0.05) is 25.0 Å². The molecule has 0 saturated carbocycles. The van der Waals surface area contributed by atoms with E-state index in [0.717, 1.165) is 0 Å². The Morgan fingerprint density at radius 2 is 2.18 bits per heavy atom. The first kappa shape index (κ1) is 11.4. The van der Waals surface area contributed by atoms with E-state index < -0.39 is 18.0 Å². The van der Waals surface area contributed by atoms with Crippen LogP contribution in [0.4, 0.5) is 0 Å². The van der Waals surface area contributed by atoms with Gasteiger partial charge in [0.25, 0.3) is 0 Å². The maximum atomic E-state index is 10.2. The van der Waals surface area contributed by atoms with E-state index in [-0.39, 0.29) is 29.6 Å². The molecule has 0 aliphatic carbocycles. The molecule has 1 aliphatic rings.